The summed E-state index contributed by atoms with van der Waals surface area (Å²) in [7, 11) is 0. The minimum Gasteiger partial charge on any atom is -0.266 e. The number of benzene rings is 3. The molecule has 1 amide bonds. The Labute approximate surface area is 167 Å². The van der Waals surface area contributed by atoms with Gasteiger partial charge in [0.05, 0.1) is 5.69 Å². The molecule has 28 heavy (non-hydrogen) atoms. The normalized spacial score (nSPS) is 15.2. The highest BCUT2D eigenvalue weighted by Crippen LogP contribution is 2.29. The fourth-order valence-corrected chi connectivity index (χ4v) is 3.19. The van der Waals surface area contributed by atoms with Crippen LogP contribution in [0, 0.1) is 12.7 Å². The van der Waals surface area contributed by atoms with Gasteiger partial charge in [0.1, 0.15) is 17.3 Å². The van der Waals surface area contributed by atoms with Gasteiger partial charge in [0.25, 0.3) is 5.91 Å². The number of hydrogen-bond acceptors (Lipinski definition) is 2. The van der Waals surface area contributed by atoms with E-state index in [1.165, 1.54) is 17.0 Å². The van der Waals surface area contributed by atoms with Crippen molar-refractivity contribution in [3.8, 4) is 0 Å². The van der Waals surface area contributed by atoms with Crippen molar-refractivity contribution in [2.75, 3.05) is 4.90 Å². The lowest BCUT2D eigenvalue weighted by molar-refractivity contribution is -0.113. The molecule has 0 unspecified atom stereocenters. The zero-order chi connectivity index (χ0) is 19.7. The molecular weight excluding hydrogens is 375 g/mol. The van der Waals surface area contributed by atoms with Crippen LogP contribution in [0.4, 0.5) is 10.1 Å². The molecule has 0 atom stereocenters. The summed E-state index contributed by atoms with van der Waals surface area (Å²) in [4.78, 5) is 19.2. The number of anilines is 1. The van der Waals surface area contributed by atoms with Crippen LogP contribution in [0.25, 0.3) is 6.08 Å². The molecule has 3 aromatic rings. The van der Waals surface area contributed by atoms with E-state index in [2.05, 4.69) is 4.99 Å². The van der Waals surface area contributed by atoms with Crippen molar-refractivity contribution in [2.45, 2.75) is 6.92 Å². The van der Waals surface area contributed by atoms with Crippen LogP contribution in [0.15, 0.2) is 83.5 Å². The minimum absolute atomic E-state index is 0.177. The number of carbonyl (C=O) groups excluding carboxylic acids is 1. The molecule has 0 radical (unpaired) electrons. The van der Waals surface area contributed by atoms with Gasteiger partial charge in [0.2, 0.25) is 0 Å². The summed E-state index contributed by atoms with van der Waals surface area (Å²) in [6.45, 7) is 1.98. The molecule has 1 heterocycles. The predicted molar refractivity (Wildman–Crippen MR) is 111 cm³/mol. The standard InChI is InChI=1S/C23H16ClFN2O/c1-15-5-4-7-17(13-15)22-26-21(14-16-6-2-3-8-20(16)25)23(28)27(22)19-11-9-18(24)10-12-19/h2-14H,1H3/b21-14+. The lowest BCUT2D eigenvalue weighted by Gasteiger charge is -2.18. The number of carbonyl (C=O) groups is 1. The van der Waals surface area contributed by atoms with Crippen molar-refractivity contribution < 1.29 is 9.18 Å². The highest BCUT2D eigenvalue weighted by Gasteiger charge is 2.32. The van der Waals surface area contributed by atoms with E-state index in [4.69, 9.17) is 11.6 Å². The maximum absolute atomic E-state index is 14.1. The highest BCUT2D eigenvalue weighted by molar-refractivity contribution is 6.34. The van der Waals surface area contributed by atoms with Gasteiger partial charge in [-0.3, -0.25) is 9.69 Å². The largest absolute Gasteiger partial charge is 0.282 e. The molecule has 0 spiro atoms. The van der Waals surface area contributed by atoms with Crippen LogP contribution in [0.3, 0.4) is 0 Å². The Bertz CT molecular complexity index is 1120. The number of nitrogens with zero attached hydrogens (tertiary/aromatic N) is 2. The fourth-order valence-electron chi connectivity index (χ4n) is 3.06. The predicted octanol–water partition coefficient (Wildman–Crippen LogP) is 5.62. The summed E-state index contributed by atoms with van der Waals surface area (Å²) < 4.78 is 14.1. The first-order chi connectivity index (χ1) is 13.5. The van der Waals surface area contributed by atoms with E-state index in [-0.39, 0.29) is 11.6 Å². The number of aliphatic imine (C=N–C) groups is 1. The lowest BCUT2D eigenvalue weighted by atomic mass is 10.1. The summed E-state index contributed by atoms with van der Waals surface area (Å²) in [5.41, 5.74) is 3.00. The van der Waals surface area contributed by atoms with E-state index in [9.17, 15) is 9.18 Å². The van der Waals surface area contributed by atoms with E-state index in [0.717, 1.165) is 11.1 Å². The second-order valence-corrected chi connectivity index (χ2v) is 6.91. The third kappa shape index (κ3) is 3.47. The molecule has 1 aliphatic rings. The van der Waals surface area contributed by atoms with E-state index < -0.39 is 5.82 Å². The number of halogens is 2. The monoisotopic (exact) mass is 390 g/mol. The molecule has 0 saturated carbocycles. The van der Waals surface area contributed by atoms with Crippen LogP contribution in [0.2, 0.25) is 5.02 Å². The van der Waals surface area contributed by atoms with Crippen LogP contribution in [0.1, 0.15) is 16.7 Å². The van der Waals surface area contributed by atoms with Gasteiger partial charge in [-0.25, -0.2) is 9.38 Å². The molecule has 0 N–H and O–H groups in total. The molecule has 0 aliphatic carbocycles. The first-order valence-electron chi connectivity index (χ1n) is 8.75. The number of amides is 1. The van der Waals surface area contributed by atoms with E-state index in [1.54, 1.807) is 42.5 Å². The average molecular weight is 391 g/mol. The van der Waals surface area contributed by atoms with Crippen LogP contribution in [-0.4, -0.2) is 11.7 Å². The third-order valence-corrected chi connectivity index (χ3v) is 4.67. The van der Waals surface area contributed by atoms with Crippen LogP contribution >= 0.6 is 11.6 Å². The molecule has 5 heteroatoms. The zero-order valence-electron chi connectivity index (χ0n) is 15.1. The number of rotatable bonds is 3. The highest BCUT2D eigenvalue weighted by atomic mass is 35.5. The Kier molecular flexibility index (Phi) is 4.80. The van der Waals surface area contributed by atoms with Crippen LogP contribution in [-0.2, 0) is 4.79 Å². The maximum Gasteiger partial charge on any atom is 0.282 e. The van der Waals surface area contributed by atoms with Gasteiger partial charge >= 0.3 is 0 Å². The Hall–Kier alpha value is -3.24. The Morgan fingerprint density at radius 2 is 1.75 bits per heavy atom. The summed E-state index contributed by atoms with van der Waals surface area (Å²) >= 11 is 6.00. The second-order valence-electron chi connectivity index (χ2n) is 6.47. The molecule has 0 saturated heterocycles. The SMILES string of the molecule is Cc1cccc(C2=N/C(=C/c3ccccc3F)C(=O)N2c2ccc(Cl)cc2)c1. The summed E-state index contributed by atoms with van der Waals surface area (Å²) in [6.07, 6.45) is 1.48. The quantitative estimate of drug-likeness (QED) is 0.534. The molecule has 138 valence electrons. The van der Waals surface area contributed by atoms with Crippen LogP contribution < -0.4 is 4.90 Å². The Morgan fingerprint density at radius 3 is 2.46 bits per heavy atom. The van der Waals surface area contributed by atoms with Gasteiger partial charge < -0.3 is 0 Å². The van der Waals surface area contributed by atoms with Gasteiger partial charge in [-0.2, -0.15) is 0 Å². The van der Waals surface area contributed by atoms with Gasteiger partial charge in [-0.15, -0.1) is 0 Å². The van der Waals surface area contributed by atoms with Gasteiger partial charge in [-0.1, -0.05) is 53.6 Å². The summed E-state index contributed by atoms with van der Waals surface area (Å²) in [5.74, 6) is -0.222. The number of amidine groups is 1. The fraction of sp³-hybridized carbons (Fsp3) is 0.0435. The van der Waals surface area contributed by atoms with E-state index >= 15 is 0 Å². The van der Waals surface area contributed by atoms with Crippen molar-refractivity contribution in [3.63, 3.8) is 0 Å². The topological polar surface area (TPSA) is 32.7 Å². The molecule has 0 fully saturated rings. The Balaban J connectivity index is 1.85. The van der Waals surface area contributed by atoms with Gasteiger partial charge in [-0.05, 0) is 49.4 Å². The maximum atomic E-state index is 14.1. The van der Waals surface area contributed by atoms with E-state index in [1.807, 2.05) is 31.2 Å². The van der Waals surface area contributed by atoms with Crippen molar-refractivity contribution in [3.05, 3.63) is 106 Å². The molecule has 3 aromatic carbocycles. The first-order valence-corrected chi connectivity index (χ1v) is 9.13. The molecule has 0 bridgehead atoms. The molecule has 1 aliphatic heterocycles. The van der Waals surface area contributed by atoms with Crippen molar-refractivity contribution in [2.24, 2.45) is 4.99 Å². The first kappa shape index (κ1) is 18.1. The zero-order valence-corrected chi connectivity index (χ0v) is 15.8. The average Bonchev–Trinajstić information content (AvgIpc) is 3.01. The summed E-state index contributed by atoms with van der Waals surface area (Å²) in [6, 6.07) is 21.0. The van der Waals surface area contributed by atoms with Gasteiger partial charge in [0.15, 0.2) is 0 Å². The molecular formula is C23H16ClFN2O. The molecule has 4 rings (SSSR count). The lowest BCUT2D eigenvalue weighted by Crippen LogP contribution is -2.32. The van der Waals surface area contributed by atoms with Crippen LogP contribution in [0.5, 0.6) is 0 Å². The summed E-state index contributed by atoms with van der Waals surface area (Å²) in [5, 5.41) is 0.576. The van der Waals surface area contributed by atoms with E-state index in [0.29, 0.717) is 22.1 Å². The van der Waals surface area contributed by atoms with Crippen molar-refractivity contribution in [1.82, 2.24) is 0 Å². The van der Waals surface area contributed by atoms with Gasteiger partial charge in [0, 0.05) is 16.1 Å². The molecule has 0 aromatic heterocycles. The smallest absolute Gasteiger partial charge is 0.266 e. The third-order valence-electron chi connectivity index (χ3n) is 4.42. The number of hydrogen-bond donors (Lipinski definition) is 0. The minimum atomic E-state index is -0.403. The van der Waals surface area contributed by atoms with Crippen molar-refractivity contribution >= 4 is 35.1 Å². The Morgan fingerprint density at radius 1 is 1.00 bits per heavy atom. The molecule has 3 nitrogen and oxygen atoms in total. The number of aryl methyl sites for hydroxylation is 1. The van der Waals surface area contributed by atoms with Crippen molar-refractivity contribution in [1.29, 1.82) is 0 Å². The second kappa shape index (κ2) is 7.41.